The number of fused-ring (bicyclic) bond motifs is 1. The summed E-state index contributed by atoms with van der Waals surface area (Å²) in [5.74, 6) is 1.60. The van der Waals surface area contributed by atoms with Gasteiger partial charge in [0.1, 0.15) is 18.2 Å². The van der Waals surface area contributed by atoms with Gasteiger partial charge in [-0.3, -0.25) is 0 Å². The molecule has 4 rings (SSSR count). The van der Waals surface area contributed by atoms with E-state index in [0.717, 1.165) is 23.2 Å². The Morgan fingerprint density at radius 2 is 1.73 bits per heavy atom. The summed E-state index contributed by atoms with van der Waals surface area (Å²) in [5, 5.41) is 4.53. The first-order chi connectivity index (χ1) is 16.0. The minimum absolute atomic E-state index is 0.189. The molecule has 3 aromatic rings. The molecule has 0 aromatic heterocycles. The number of rotatable bonds is 6. The van der Waals surface area contributed by atoms with Gasteiger partial charge >= 0.3 is 0 Å². The Morgan fingerprint density at radius 1 is 1.06 bits per heavy atom. The van der Waals surface area contributed by atoms with E-state index in [4.69, 9.17) is 38.0 Å². The molecule has 0 spiro atoms. The van der Waals surface area contributed by atoms with Gasteiger partial charge in [0.25, 0.3) is 0 Å². The van der Waals surface area contributed by atoms with Gasteiger partial charge in [-0.25, -0.2) is 4.39 Å². The molecule has 1 N–H and O–H groups in total. The van der Waals surface area contributed by atoms with Crippen molar-refractivity contribution < 1.29 is 18.6 Å². The molecule has 1 aliphatic heterocycles. The second-order valence-electron chi connectivity index (χ2n) is 7.57. The normalized spacial score (nSPS) is 14.9. The molecule has 0 fully saturated rings. The summed E-state index contributed by atoms with van der Waals surface area (Å²) in [7, 11) is 3.24. The fraction of sp³-hybridized carbons (Fsp3) is 0.240. The van der Waals surface area contributed by atoms with Crippen LogP contribution in [0.2, 0.25) is 5.02 Å². The predicted molar refractivity (Wildman–Crippen MR) is 132 cm³/mol. The van der Waals surface area contributed by atoms with Crippen molar-refractivity contribution in [1.82, 2.24) is 4.90 Å². The Balaban J connectivity index is 1.63. The summed E-state index contributed by atoms with van der Waals surface area (Å²) in [6.45, 7) is 1.01. The Hall–Kier alpha value is -3.03. The fourth-order valence-electron chi connectivity index (χ4n) is 3.89. The number of nitrogens with one attached hydrogen (secondary N) is 1. The van der Waals surface area contributed by atoms with Gasteiger partial charge in [-0.2, -0.15) is 0 Å². The van der Waals surface area contributed by atoms with Crippen molar-refractivity contribution in [2.45, 2.75) is 12.5 Å². The lowest BCUT2D eigenvalue weighted by molar-refractivity contribution is 0.190. The Labute approximate surface area is 203 Å². The second kappa shape index (κ2) is 10.3. The summed E-state index contributed by atoms with van der Waals surface area (Å²) in [5.41, 5.74) is 3.04. The number of hydrogen-bond acceptors (Lipinski definition) is 4. The molecular weight excluding hydrogens is 463 g/mol. The first-order valence-electron chi connectivity index (χ1n) is 10.4. The van der Waals surface area contributed by atoms with Crippen LogP contribution in [0.4, 0.5) is 10.1 Å². The highest BCUT2D eigenvalue weighted by Crippen LogP contribution is 2.38. The third-order valence-corrected chi connectivity index (χ3v) is 6.17. The van der Waals surface area contributed by atoms with Crippen molar-refractivity contribution in [3.63, 3.8) is 0 Å². The van der Waals surface area contributed by atoms with Crippen LogP contribution in [0.15, 0.2) is 60.7 Å². The Morgan fingerprint density at radius 3 is 2.39 bits per heavy atom. The number of nitrogens with zero attached hydrogens (tertiary/aromatic N) is 1. The maximum atomic E-state index is 13.3. The lowest BCUT2D eigenvalue weighted by Gasteiger charge is -2.39. The highest BCUT2D eigenvalue weighted by Gasteiger charge is 2.31. The summed E-state index contributed by atoms with van der Waals surface area (Å²) in [6.07, 6.45) is 0.783. The monoisotopic (exact) mass is 486 g/mol. The molecule has 33 heavy (non-hydrogen) atoms. The number of anilines is 1. The van der Waals surface area contributed by atoms with Crippen molar-refractivity contribution in [2.24, 2.45) is 0 Å². The lowest BCUT2D eigenvalue weighted by atomic mass is 9.92. The van der Waals surface area contributed by atoms with Gasteiger partial charge < -0.3 is 24.4 Å². The van der Waals surface area contributed by atoms with Gasteiger partial charge in [0, 0.05) is 17.3 Å². The van der Waals surface area contributed by atoms with Crippen LogP contribution in [0, 0.1) is 5.82 Å². The summed E-state index contributed by atoms with van der Waals surface area (Å²) < 4.78 is 30.4. The standard InChI is InChI=1S/C25H24ClFN2O3S/c1-30-23-13-16-11-12-29(25(33)28-19-7-3-17(26)4-8-19)22(21(16)14-24(23)31-2)15-32-20-9-5-18(27)6-10-20/h3-10,13-14,22H,11-12,15H2,1-2H3,(H,28,33). The van der Waals surface area contributed by atoms with Gasteiger partial charge in [0.05, 0.1) is 20.3 Å². The summed E-state index contributed by atoms with van der Waals surface area (Å²) in [4.78, 5) is 2.10. The molecule has 1 atom stereocenters. The number of benzene rings is 3. The molecule has 172 valence electrons. The molecule has 8 heteroatoms. The fourth-order valence-corrected chi connectivity index (χ4v) is 4.35. The molecule has 1 aliphatic rings. The molecule has 5 nitrogen and oxygen atoms in total. The smallest absolute Gasteiger partial charge is 0.174 e. The summed E-state index contributed by atoms with van der Waals surface area (Å²) in [6, 6.07) is 17.2. The van der Waals surface area contributed by atoms with Gasteiger partial charge in [-0.05, 0) is 90.4 Å². The van der Waals surface area contributed by atoms with Crippen LogP contribution in [-0.2, 0) is 6.42 Å². The molecule has 1 heterocycles. The van der Waals surface area contributed by atoms with Crippen molar-refractivity contribution in [3.05, 3.63) is 82.6 Å². The third kappa shape index (κ3) is 5.31. The molecule has 0 saturated heterocycles. The number of hydrogen-bond donors (Lipinski definition) is 1. The average molecular weight is 487 g/mol. The van der Waals surface area contributed by atoms with Crippen LogP contribution < -0.4 is 19.5 Å². The third-order valence-electron chi connectivity index (χ3n) is 5.58. The quantitative estimate of drug-likeness (QED) is 0.439. The maximum absolute atomic E-state index is 13.3. The number of halogens is 2. The molecular formula is C25H24ClFN2O3S. The highest BCUT2D eigenvalue weighted by atomic mass is 35.5. The van der Waals surface area contributed by atoms with E-state index in [1.165, 1.54) is 12.1 Å². The predicted octanol–water partition coefficient (Wildman–Crippen LogP) is 5.87. The van der Waals surface area contributed by atoms with E-state index in [-0.39, 0.29) is 11.9 Å². The molecule has 0 amide bonds. The largest absolute Gasteiger partial charge is 0.493 e. The topological polar surface area (TPSA) is 43.0 Å². The molecule has 0 aliphatic carbocycles. The van der Waals surface area contributed by atoms with Gasteiger partial charge in [0.15, 0.2) is 16.6 Å². The van der Waals surface area contributed by atoms with Crippen LogP contribution in [0.1, 0.15) is 17.2 Å². The first-order valence-corrected chi connectivity index (χ1v) is 11.2. The zero-order valence-corrected chi connectivity index (χ0v) is 19.9. The second-order valence-corrected chi connectivity index (χ2v) is 8.39. The minimum Gasteiger partial charge on any atom is -0.493 e. The zero-order chi connectivity index (χ0) is 23.4. The average Bonchev–Trinajstić information content (AvgIpc) is 2.83. The summed E-state index contributed by atoms with van der Waals surface area (Å²) >= 11 is 11.8. The number of methoxy groups -OCH3 is 2. The number of thiocarbonyl (C=S) groups is 1. The lowest BCUT2D eigenvalue weighted by Crippen LogP contribution is -2.44. The molecule has 0 bridgehead atoms. The van der Waals surface area contributed by atoms with Crippen molar-refractivity contribution in [1.29, 1.82) is 0 Å². The zero-order valence-electron chi connectivity index (χ0n) is 18.3. The van der Waals surface area contributed by atoms with E-state index in [2.05, 4.69) is 10.2 Å². The van der Waals surface area contributed by atoms with Crippen molar-refractivity contribution in [3.8, 4) is 17.2 Å². The molecule has 0 radical (unpaired) electrons. The highest BCUT2D eigenvalue weighted by molar-refractivity contribution is 7.80. The van der Waals surface area contributed by atoms with E-state index in [1.807, 2.05) is 36.4 Å². The van der Waals surface area contributed by atoms with Crippen LogP contribution in [0.25, 0.3) is 0 Å². The van der Waals surface area contributed by atoms with Crippen LogP contribution in [0.5, 0.6) is 17.2 Å². The van der Waals surface area contributed by atoms with Gasteiger partial charge in [-0.1, -0.05) is 11.6 Å². The van der Waals surface area contributed by atoms with Crippen LogP contribution >= 0.6 is 23.8 Å². The maximum Gasteiger partial charge on any atom is 0.174 e. The van der Waals surface area contributed by atoms with E-state index >= 15 is 0 Å². The molecule has 3 aromatic carbocycles. The first kappa shape index (κ1) is 23.1. The van der Waals surface area contributed by atoms with Crippen molar-refractivity contribution >= 4 is 34.6 Å². The van der Waals surface area contributed by atoms with E-state index in [0.29, 0.717) is 40.5 Å². The Kier molecular flexibility index (Phi) is 7.20. The van der Waals surface area contributed by atoms with Crippen LogP contribution in [0.3, 0.4) is 0 Å². The van der Waals surface area contributed by atoms with E-state index in [9.17, 15) is 4.39 Å². The Bertz CT molecular complexity index is 1130. The van der Waals surface area contributed by atoms with Crippen molar-refractivity contribution in [2.75, 3.05) is 32.7 Å². The SMILES string of the molecule is COc1cc2c(cc1OC)C(COc1ccc(F)cc1)N(C(=S)Nc1ccc(Cl)cc1)CC2. The van der Waals surface area contributed by atoms with E-state index < -0.39 is 0 Å². The van der Waals surface area contributed by atoms with Gasteiger partial charge in [-0.15, -0.1) is 0 Å². The molecule has 1 unspecified atom stereocenters. The van der Waals surface area contributed by atoms with E-state index in [1.54, 1.807) is 26.4 Å². The van der Waals surface area contributed by atoms with Crippen LogP contribution in [-0.4, -0.2) is 37.4 Å². The van der Waals surface area contributed by atoms with Gasteiger partial charge in [0.2, 0.25) is 0 Å². The molecule has 0 saturated carbocycles. The number of ether oxygens (including phenoxy) is 3. The minimum atomic E-state index is -0.308.